The van der Waals surface area contributed by atoms with Gasteiger partial charge in [0.25, 0.3) is 5.56 Å². The van der Waals surface area contributed by atoms with E-state index in [0.29, 0.717) is 49.0 Å². The zero-order chi connectivity index (χ0) is 19.0. The van der Waals surface area contributed by atoms with Crippen molar-refractivity contribution in [1.82, 2.24) is 25.0 Å². The molecule has 27 heavy (non-hydrogen) atoms. The summed E-state index contributed by atoms with van der Waals surface area (Å²) in [5, 5.41) is 3.70. The van der Waals surface area contributed by atoms with Gasteiger partial charge < -0.3 is 4.52 Å². The fraction of sp³-hybridized carbons (Fsp3) is 0.294. The van der Waals surface area contributed by atoms with Gasteiger partial charge in [0.15, 0.2) is 0 Å². The van der Waals surface area contributed by atoms with E-state index in [0.717, 1.165) is 11.8 Å². The number of nitrogens with zero attached hydrogens (tertiary/aromatic N) is 4. The largest absolute Gasteiger partial charge is 0.338 e. The summed E-state index contributed by atoms with van der Waals surface area (Å²) < 4.78 is 28.6. The van der Waals surface area contributed by atoms with Crippen molar-refractivity contribution in [2.24, 2.45) is 0 Å². The molecule has 0 fully saturated rings. The number of hydrogen-bond acceptors (Lipinski definition) is 8. The Bertz CT molecular complexity index is 1140. The van der Waals surface area contributed by atoms with E-state index in [-0.39, 0.29) is 5.16 Å². The van der Waals surface area contributed by atoms with Crippen molar-refractivity contribution in [3.63, 3.8) is 0 Å². The zero-order valence-corrected chi connectivity index (χ0v) is 15.4. The molecule has 0 saturated carbocycles. The number of H-pyrrole nitrogens is 1. The molecule has 2 aromatic heterocycles. The highest BCUT2D eigenvalue weighted by Gasteiger charge is 2.24. The average Bonchev–Trinajstić information content (AvgIpc) is 3.10. The summed E-state index contributed by atoms with van der Waals surface area (Å²) in [6, 6.07) is 9.51. The van der Waals surface area contributed by atoms with Crippen LogP contribution in [0.3, 0.4) is 0 Å². The van der Waals surface area contributed by atoms with E-state index >= 15 is 0 Å². The summed E-state index contributed by atoms with van der Waals surface area (Å²) in [4.78, 5) is 25.1. The molecule has 0 aliphatic carbocycles. The molecule has 10 heteroatoms. The molecule has 140 valence electrons. The highest BCUT2D eigenvalue weighted by Crippen LogP contribution is 2.19. The van der Waals surface area contributed by atoms with Crippen LogP contribution in [-0.4, -0.2) is 46.2 Å². The first kappa shape index (κ1) is 17.6. The predicted octanol–water partition coefficient (Wildman–Crippen LogP) is 0.782. The van der Waals surface area contributed by atoms with E-state index in [1.807, 2.05) is 35.2 Å². The molecule has 1 aliphatic heterocycles. The summed E-state index contributed by atoms with van der Waals surface area (Å²) in [6.07, 6.45) is 1.49. The van der Waals surface area contributed by atoms with E-state index in [1.54, 1.807) is 0 Å². The van der Waals surface area contributed by atoms with Crippen LogP contribution in [0.1, 0.15) is 17.1 Å². The summed E-state index contributed by atoms with van der Waals surface area (Å²) in [7, 11) is -3.56. The third-order valence-corrected chi connectivity index (χ3v) is 5.23. The van der Waals surface area contributed by atoms with E-state index in [1.165, 1.54) is 0 Å². The van der Waals surface area contributed by atoms with E-state index in [9.17, 15) is 13.2 Å². The number of nitrogens with one attached hydrogen (secondary N) is 1. The van der Waals surface area contributed by atoms with Gasteiger partial charge in [0.2, 0.25) is 26.7 Å². The smallest absolute Gasteiger partial charge is 0.256 e. The maximum Gasteiger partial charge on any atom is 0.256 e. The second kappa shape index (κ2) is 6.71. The average molecular weight is 387 g/mol. The molecule has 4 rings (SSSR count). The molecule has 1 aliphatic rings. The molecular formula is C17H17N5O4S. The Hall–Kier alpha value is -2.85. The molecule has 3 aromatic rings. The minimum Gasteiger partial charge on any atom is -0.338 e. The maximum atomic E-state index is 12.3. The van der Waals surface area contributed by atoms with Crippen molar-refractivity contribution in [2.45, 2.75) is 24.7 Å². The number of rotatable bonds is 4. The molecule has 0 radical (unpaired) electrons. The van der Waals surface area contributed by atoms with Crippen LogP contribution in [-0.2, 0) is 29.3 Å². The lowest BCUT2D eigenvalue weighted by atomic mass is 10.1. The molecule has 0 unspecified atom stereocenters. The van der Waals surface area contributed by atoms with Crippen LogP contribution in [0.25, 0.3) is 11.4 Å². The Balaban J connectivity index is 1.53. The highest BCUT2D eigenvalue weighted by atomic mass is 32.2. The SMILES string of the molecule is CS(=O)(=O)c1nc2c(c(=O)[nH]1)CN(Cc1nc(-c3ccccc3)no1)CC2. The van der Waals surface area contributed by atoms with Gasteiger partial charge in [-0.15, -0.1) is 0 Å². The third-order valence-electron chi connectivity index (χ3n) is 4.34. The lowest BCUT2D eigenvalue weighted by molar-refractivity contribution is 0.207. The highest BCUT2D eigenvalue weighted by molar-refractivity contribution is 7.90. The molecular weight excluding hydrogens is 370 g/mol. The van der Waals surface area contributed by atoms with E-state index < -0.39 is 15.4 Å². The third kappa shape index (κ3) is 3.67. The number of sulfone groups is 1. The number of aromatic amines is 1. The molecule has 1 N–H and O–H groups in total. The van der Waals surface area contributed by atoms with Gasteiger partial charge >= 0.3 is 0 Å². The topological polar surface area (TPSA) is 122 Å². The van der Waals surface area contributed by atoms with Crippen LogP contribution in [0.5, 0.6) is 0 Å². The number of aromatic nitrogens is 4. The second-order valence-electron chi connectivity index (χ2n) is 6.41. The van der Waals surface area contributed by atoms with Gasteiger partial charge in [0, 0.05) is 31.3 Å². The molecule has 0 atom stereocenters. The first-order valence-corrected chi connectivity index (χ1v) is 10.2. The van der Waals surface area contributed by atoms with Crippen LogP contribution in [0.2, 0.25) is 0 Å². The van der Waals surface area contributed by atoms with Crippen molar-refractivity contribution < 1.29 is 12.9 Å². The molecule has 0 saturated heterocycles. The Kier molecular flexibility index (Phi) is 4.36. The minimum absolute atomic E-state index is 0.288. The van der Waals surface area contributed by atoms with Gasteiger partial charge in [-0.1, -0.05) is 35.5 Å². The number of benzene rings is 1. The van der Waals surface area contributed by atoms with Crippen LogP contribution in [0, 0.1) is 0 Å². The molecule has 9 nitrogen and oxygen atoms in total. The molecule has 0 spiro atoms. The fourth-order valence-corrected chi connectivity index (χ4v) is 3.54. The quantitative estimate of drug-likeness (QED) is 0.652. The van der Waals surface area contributed by atoms with Crippen LogP contribution >= 0.6 is 0 Å². The summed E-state index contributed by atoms with van der Waals surface area (Å²) >= 11 is 0. The van der Waals surface area contributed by atoms with Gasteiger partial charge in [-0.2, -0.15) is 4.98 Å². The maximum absolute atomic E-state index is 12.3. The van der Waals surface area contributed by atoms with E-state index in [2.05, 4.69) is 20.1 Å². The zero-order valence-electron chi connectivity index (χ0n) is 14.5. The van der Waals surface area contributed by atoms with Gasteiger partial charge in [-0.25, -0.2) is 13.4 Å². The Labute approximate surface area is 155 Å². The van der Waals surface area contributed by atoms with Gasteiger partial charge in [0.1, 0.15) is 0 Å². The van der Waals surface area contributed by atoms with Crippen LogP contribution in [0.15, 0.2) is 44.8 Å². The van der Waals surface area contributed by atoms with Gasteiger partial charge in [-0.3, -0.25) is 14.7 Å². The summed E-state index contributed by atoms with van der Waals surface area (Å²) in [6.45, 7) is 1.34. The number of fused-ring (bicyclic) bond motifs is 1. The van der Waals surface area contributed by atoms with Crippen LogP contribution < -0.4 is 5.56 Å². The van der Waals surface area contributed by atoms with Crippen molar-refractivity contribution in [2.75, 3.05) is 12.8 Å². The predicted molar refractivity (Wildman–Crippen MR) is 95.5 cm³/mol. The van der Waals surface area contributed by atoms with Gasteiger partial charge in [0.05, 0.1) is 17.8 Å². The minimum atomic E-state index is -3.56. The monoisotopic (exact) mass is 387 g/mol. The first-order chi connectivity index (χ1) is 12.9. The standard InChI is InChI=1S/C17H17N5O4S/c1-27(24,25)17-18-13-7-8-22(9-12(13)16(23)20-17)10-14-19-15(21-26-14)11-5-3-2-4-6-11/h2-6H,7-10H2,1H3,(H,18,20,23). The van der Waals surface area contributed by atoms with Crippen molar-refractivity contribution in [3.05, 3.63) is 57.8 Å². The number of hydrogen-bond donors (Lipinski definition) is 1. The first-order valence-electron chi connectivity index (χ1n) is 8.32. The van der Waals surface area contributed by atoms with Gasteiger partial charge in [-0.05, 0) is 0 Å². The lowest BCUT2D eigenvalue weighted by Crippen LogP contribution is -2.36. The fourth-order valence-electron chi connectivity index (χ4n) is 2.98. The normalized spacial score (nSPS) is 14.9. The van der Waals surface area contributed by atoms with Crippen molar-refractivity contribution in [3.8, 4) is 11.4 Å². The lowest BCUT2D eigenvalue weighted by Gasteiger charge is -2.26. The summed E-state index contributed by atoms with van der Waals surface area (Å²) in [5.41, 5.74) is 1.42. The Morgan fingerprint density at radius 1 is 1.22 bits per heavy atom. The molecule has 0 bridgehead atoms. The van der Waals surface area contributed by atoms with Crippen molar-refractivity contribution in [1.29, 1.82) is 0 Å². The molecule has 1 aromatic carbocycles. The van der Waals surface area contributed by atoms with Crippen LogP contribution in [0.4, 0.5) is 0 Å². The molecule has 3 heterocycles. The molecule has 0 amide bonds. The Morgan fingerprint density at radius 3 is 2.74 bits per heavy atom. The van der Waals surface area contributed by atoms with Crippen molar-refractivity contribution >= 4 is 9.84 Å². The van der Waals surface area contributed by atoms with E-state index in [4.69, 9.17) is 4.52 Å². The Morgan fingerprint density at radius 2 is 2.00 bits per heavy atom. The summed E-state index contributed by atoms with van der Waals surface area (Å²) in [5.74, 6) is 0.967. The second-order valence-corrected chi connectivity index (χ2v) is 8.34.